The van der Waals surface area contributed by atoms with Crippen LogP contribution in [-0.2, 0) is 5.88 Å². The highest BCUT2D eigenvalue weighted by atomic mass is 35.5. The Morgan fingerprint density at radius 3 is 2.88 bits per heavy atom. The molecule has 0 saturated heterocycles. The lowest BCUT2D eigenvalue weighted by Crippen LogP contribution is -2.02. The Balaban J connectivity index is 2.11. The van der Waals surface area contributed by atoms with E-state index in [4.69, 9.17) is 11.6 Å². The fourth-order valence-corrected chi connectivity index (χ4v) is 2.31. The van der Waals surface area contributed by atoms with Crippen molar-refractivity contribution in [1.82, 2.24) is 9.78 Å². The first-order valence-corrected chi connectivity index (χ1v) is 6.21. The van der Waals surface area contributed by atoms with E-state index in [2.05, 4.69) is 5.10 Å². The van der Waals surface area contributed by atoms with E-state index < -0.39 is 0 Å². The van der Waals surface area contributed by atoms with E-state index in [1.165, 1.54) is 25.0 Å². The molecule has 0 unspecified atom stereocenters. The molecule has 0 spiro atoms. The van der Waals surface area contributed by atoms with Gasteiger partial charge < -0.3 is 0 Å². The standard InChI is InChI=1S/C13H12ClFN2/c14-7-10-8-16-17(13(10)9-4-5-9)12-3-1-2-11(15)6-12/h1-3,6,8-9H,4-5,7H2. The number of halogens is 2. The van der Waals surface area contributed by atoms with Gasteiger partial charge in [0.1, 0.15) is 5.82 Å². The number of hydrogen-bond donors (Lipinski definition) is 0. The molecule has 0 amide bonds. The van der Waals surface area contributed by atoms with E-state index in [-0.39, 0.29) is 5.82 Å². The summed E-state index contributed by atoms with van der Waals surface area (Å²) in [6.07, 6.45) is 4.13. The van der Waals surface area contributed by atoms with Gasteiger partial charge >= 0.3 is 0 Å². The van der Waals surface area contributed by atoms with Gasteiger partial charge in [0.25, 0.3) is 0 Å². The van der Waals surface area contributed by atoms with Gasteiger partial charge in [-0.05, 0) is 31.0 Å². The van der Waals surface area contributed by atoms with Gasteiger partial charge in [0.2, 0.25) is 0 Å². The zero-order chi connectivity index (χ0) is 11.8. The molecule has 88 valence electrons. The summed E-state index contributed by atoms with van der Waals surface area (Å²) in [4.78, 5) is 0. The SMILES string of the molecule is Fc1cccc(-n2ncc(CCl)c2C2CC2)c1. The van der Waals surface area contributed by atoms with Crippen LogP contribution in [0.2, 0.25) is 0 Å². The summed E-state index contributed by atoms with van der Waals surface area (Å²) in [5.74, 6) is 0.753. The lowest BCUT2D eigenvalue weighted by molar-refractivity contribution is 0.624. The second-order valence-corrected chi connectivity index (χ2v) is 4.62. The minimum atomic E-state index is -0.243. The topological polar surface area (TPSA) is 17.8 Å². The number of rotatable bonds is 3. The van der Waals surface area contributed by atoms with Gasteiger partial charge in [0.15, 0.2) is 0 Å². The molecule has 1 aliphatic rings. The number of nitrogens with zero attached hydrogens (tertiary/aromatic N) is 2. The fraction of sp³-hybridized carbons (Fsp3) is 0.308. The summed E-state index contributed by atoms with van der Waals surface area (Å²) in [6.45, 7) is 0. The van der Waals surface area contributed by atoms with Gasteiger partial charge in [-0.1, -0.05) is 6.07 Å². The summed E-state index contributed by atoms with van der Waals surface area (Å²) in [5.41, 5.74) is 2.97. The lowest BCUT2D eigenvalue weighted by Gasteiger charge is -2.08. The molecule has 0 bridgehead atoms. The van der Waals surface area contributed by atoms with Crippen molar-refractivity contribution in [2.45, 2.75) is 24.6 Å². The Hall–Kier alpha value is -1.35. The molecular formula is C13H12ClFN2. The molecule has 0 atom stereocenters. The van der Waals surface area contributed by atoms with Crippen molar-refractivity contribution in [3.63, 3.8) is 0 Å². The van der Waals surface area contributed by atoms with Crippen LogP contribution in [0.15, 0.2) is 30.5 Å². The molecule has 1 saturated carbocycles. The summed E-state index contributed by atoms with van der Waals surface area (Å²) < 4.78 is 15.0. The first-order chi connectivity index (χ1) is 8.29. The third kappa shape index (κ3) is 1.95. The number of hydrogen-bond acceptors (Lipinski definition) is 1. The number of alkyl halides is 1. The molecule has 1 aromatic heterocycles. The van der Waals surface area contributed by atoms with Gasteiger partial charge in [-0.25, -0.2) is 9.07 Å². The minimum Gasteiger partial charge on any atom is -0.237 e. The zero-order valence-corrected chi connectivity index (χ0v) is 9.99. The van der Waals surface area contributed by atoms with Crippen LogP contribution >= 0.6 is 11.6 Å². The first-order valence-electron chi connectivity index (χ1n) is 5.68. The van der Waals surface area contributed by atoms with Crippen LogP contribution in [0, 0.1) is 5.82 Å². The highest BCUT2D eigenvalue weighted by Crippen LogP contribution is 2.42. The van der Waals surface area contributed by atoms with E-state index in [1.807, 2.05) is 10.7 Å². The molecule has 0 aliphatic heterocycles. The van der Waals surface area contributed by atoms with E-state index in [9.17, 15) is 4.39 Å². The van der Waals surface area contributed by atoms with Crippen LogP contribution in [0.5, 0.6) is 0 Å². The van der Waals surface area contributed by atoms with Crippen molar-refractivity contribution in [3.05, 3.63) is 47.5 Å². The van der Waals surface area contributed by atoms with E-state index in [1.54, 1.807) is 12.3 Å². The highest BCUT2D eigenvalue weighted by molar-refractivity contribution is 6.17. The molecule has 0 radical (unpaired) electrons. The average Bonchev–Trinajstić information content (AvgIpc) is 3.08. The van der Waals surface area contributed by atoms with Gasteiger partial charge in [0, 0.05) is 11.5 Å². The Morgan fingerprint density at radius 2 is 2.24 bits per heavy atom. The maximum atomic E-state index is 13.2. The summed E-state index contributed by atoms with van der Waals surface area (Å²) >= 11 is 5.91. The summed E-state index contributed by atoms with van der Waals surface area (Å²) in [6, 6.07) is 6.49. The van der Waals surface area contributed by atoms with Crippen molar-refractivity contribution in [2.75, 3.05) is 0 Å². The summed E-state index contributed by atoms with van der Waals surface area (Å²) in [7, 11) is 0. The Bertz CT molecular complexity index is 546. The third-order valence-electron chi connectivity index (χ3n) is 3.05. The molecule has 1 fully saturated rings. The van der Waals surface area contributed by atoms with E-state index >= 15 is 0 Å². The van der Waals surface area contributed by atoms with Crippen LogP contribution in [0.1, 0.15) is 30.0 Å². The van der Waals surface area contributed by atoms with Crippen LogP contribution in [0.25, 0.3) is 5.69 Å². The highest BCUT2D eigenvalue weighted by Gasteiger charge is 2.30. The third-order valence-corrected chi connectivity index (χ3v) is 3.33. The fourth-order valence-electron chi connectivity index (χ4n) is 2.10. The second kappa shape index (κ2) is 4.15. The van der Waals surface area contributed by atoms with Crippen molar-refractivity contribution in [1.29, 1.82) is 0 Å². The van der Waals surface area contributed by atoms with Gasteiger partial charge in [-0.15, -0.1) is 11.6 Å². The molecular weight excluding hydrogens is 239 g/mol. The maximum Gasteiger partial charge on any atom is 0.125 e. The van der Waals surface area contributed by atoms with Gasteiger partial charge in [-0.3, -0.25) is 0 Å². The molecule has 1 aromatic carbocycles. The molecule has 2 nitrogen and oxygen atoms in total. The molecule has 4 heteroatoms. The quantitative estimate of drug-likeness (QED) is 0.761. The average molecular weight is 251 g/mol. The first kappa shape index (κ1) is 10.8. The maximum absolute atomic E-state index is 13.2. The van der Waals surface area contributed by atoms with E-state index in [0.29, 0.717) is 11.8 Å². The van der Waals surface area contributed by atoms with Crippen LogP contribution in [0.4, 0.5) is 4.39 Å². The largest absolute Gasteiger partial charge is 0.237 e. The van der Waals surface area contributed by atoms with Crippen molar-refractivity contribution in [2.24, 2.45) is 0 Å². The number of benzene rings is 1. The molecule has 17 heavy (non-hydrogen) atoms. The monoisotopic (exact) mass is 250 g/mol. The second-order valence-electron chi connectivity index (χ2n) is 4.35. The molecule has 1 aliphatic carbocycles. The Labute approximate surface area is 104 Å². The Morgan fingerprint density at radius 1 is 1.41 bits per heavy atom. The van der Waals surface area contributed by atoms with Crippen LogP contribution in [-0.4, -0.2) is 9.78 Å². The van der Waals surface area contributed by atoms with Gasteiger partial charge in [0.05, 0.1) is 23.5 Å². The van der Waals surface area contributed by atoms with Crippen molar-refractivity contribution in [3.8, 4) is 5.69 Å². The van der Waals surface area contributed by atoms with Crippen LogP contribution in [0.3, 0.4) is 0 Å². The predicted molar refractivity (Wildman–Crippen MR) is 65.1 cm³/mol. The molecule has 2 aromatic rings. The normalized spacial score (nSPS) is 15.2. The number of aromatic nitrogens is 2. The van der Waals surface area contributed by atoms with Crippen LogP contribution < -0.4 is 0 Å². The van der Waals surface area contributed by atoms with Gasteiger partial charge in [-0.2, -0.15) is 5.10 Å². The summed E-state index contributed by atoms with van der Waals surface area (Å²) in [5, 5.41) is 4.33. The zero-order valence-electron chi connectivity index (χ0n) is 9.24. The lowest BCUT2D eigenvalue weighted by atomic mass is 10.2. The molecule has 3 rings (SSSR count). The smallest absolute Gasteiger partial charge is 0.125 e. The predicted octanol–water partition coefficient (Wildman–Crippen LogP) is 3.63. The van der Waals surface area contributed by atoms with Crippen molar-refractivity contribution < 1.29 is 4.39 Å². The van der Waals surface area contributed by atoms with Crippen molar-refractivity contribution >= 4 is 11.6 Å². The molecule has 0 N–H and O–H groups in total. The Kier molecular flexibility index (Phi) is 2.63. The van der Waals surface area contributed by atoms with E-state index in [0.717, 1.165) is 16.9 Å². The molecule has 1 heterocycles. The minimum absolute atomic E-state index is 0.243.